The van der Waals surface area contributed by atoms with Crippen LogP contribution in [0.2, 0.25) is 0 Å². The molecule has 0 bridgehead atoms. The van der Waals surface area contributed by atoms with Crippen LogP contribution in [0.1, 0.15) is 47.9 Å². The lowest BCUT2D eigenvalue weighted by molar-refractivity contribution is -0.117. The van der Waals surface area contributed by atoms with Gasteiger partial charge in [-0.15, -0.1) is 0 Å². The Morgan fingerprint density at radius 1 is 1.14 bits per heavy atom. The van der Waals surface area contributed by atoms with Crippen molar-refractivity contribution in [2.75, 3.05) is 7.11 Å². The van der Waals surface area contributed by atoms with Crippen molar-refractivity contribution in [3.63, 3.8) is 0 Å². The van der Waals surface area contributed by atoms with E-state index in [0.717, 1.165) is 50.3 Å². The van der Waals surface area contributed by atoms with E-state index in [4.69, 9.17) is 9.15 Å². The molecular formula is C24H27NO3. The highest BCUT2D eigenvalue weighted by molar-refractivity contribution is 5.98. The van der Waals surface area contributed by atoms with Crippen LogP contribution in [0.4, 0.5) is 0 Å². The van der Waals surface area contributed by atoms with E-state index in [2.05, 4.69) is 5.32 Å². The van der Waals surface area contributed by atoms with E-state index in [9.17, 15) is 4.79 Å². The number of ether oxygens (including phenoxy) is 1. The normalized spacial score (nSPS) is 12.9. The Hall–Kier alpha value is -3.01. The van der Waals surface area contributed by atoms with Crippen molar-refractivity contribution in [2.24, 2.45) is 0 Å². The van der Waals surface area contributed by atoms with Crippen LogP contribution in [0, 0.1) is 20.8 Å². The Kier molecular flexibility index (Phi) is 5.59. The number of rotatable bonds is 5. The van der Waals surface area contributed by atoms with Gasteiger partial charge < -0.3 is 14.5 Å². The maximum Gasteiger partial charge on any atom is 0.244 e. The molecular weight excluding hydrogens is 350 g/mol. The molecule has 0 saturated carbocycles. The Bertz CT molecular complexity index is 1040. The number of hydrogen-bond donors (Lipinski definition) is 1. The smallest absolute Gasteiger partial charge is 0.244 e. The van der Waals surface area contributed by atoms with Crippen LogP contribution in [0.25, 0.3) is 16.5 Å². The van der Waals surface area contributed by atoms with Crippen LogP contribution in [-0.2, 0) is 4.79 Å². The van der Waals surface area contributed by atoms with E-state index in [1.165, 1.54) is 0 Å². The van der Waals surface area contributed by atoms with Crippen molar-refractivity contribution in [1.29, 1.82) is 0 Å². The highest BCUT2D eigenvalue weighted by atomic mass is 16.5. The molecule has 0 aliphatic heterocycles. The van der Waals surface area contributed by atoms with Gasteiger partial charge in [-0.1, -0.05) is 30.3 Å². The average Bonchev–Trinajstić information content (AvgIpc) is 2.97. The van der Waals surface area contributed by atoms with Crippen molar-refractivity contribution < 1.29 is 13.9 Å². The van der Waals surface area contributed by atoms with Gasteiger partial charge in [0.2, 0.25) is 5.91 Å². The van der Waals surface area contributed by atoms with Gasteiger partial charge in [0.05, 0.1) is 13.2 Å². The van der Waals surface area contributed by atoms with E-state index in [0.29, 0.717) is 0 Å². The Labute approximate surface area is 166 Å². The van der Waals surface area contributed by atoms with Gasteiger partial charge >= 0.3 is 0 Å². The third kappa shape index (κ3) is 3.68. The lowest BCUT2D eigenvalue weighted by Crippen LogP contribution is -2.24. The SMILES string of the molecule is COc1c(/C(C)=C/C(=O)NC(C)c2ccccc2)cc2c(C)c(C)oc2c1C. The zero-order valence-corrected chi connectivity index (χ0v) is 17.3. The predicted octanol–water partition coefficient (Wildman–Crippen LogP) is 5.65. The third-order valence-electron chi connectivity index (χ3n) is 5.28. The topological polar surface area (TPSA) is 51.5 Å². The standard InChI is InChI=1S/C24H27NO3/c1-14(12-22(26)25-17(4)19-10-8-7-9-11-19)20-13-21-15(2)18(5)28-24(21)16(3)23(20)27-6/h7-13,17H,1-6H3,(H,25,26)/b14-12+. The molecule has 3 aromatic rings. The van der Waals surface area contributed by atoms with Gasteiger partial charge in [0.25, 0.3) is 0 Å². The average molecular weight is 377 g/mol. The molecule has 28 heavy (non-hydrogen) atoms. The molecule has 1 aromatic heterocycles. The lowest BCUT2D eigenvalue weighted by atomic mass is 9.98. The number of fused-ring (bicyclic) bond motifs is 1. The monoisotopic (exact) mass is 377 g/mol. The summed E-state index contributed by atoms with van der Waals surface area (Å²) >= 11 is 0. The second-order valence-corrected chi connectivity index (χ2v) is 7.21. The summed E-state index contributed by atoms with van der Waals surface area (Å²) < 4.78 is 11.6. The molecule has 4 nitrogen and oxygen atoms in total. The van der Waals surface area contributed by atoms with E-state index in [1.807, 2.05) is 71.0 Å². The zero-order chi connectivity index (χ0) is 20.4. The van der Waals surface area contributed by atoms with E-state index < -0.39 is 0 Å². The van der Waals surface area contributed by atoms with E-state index in [-0.39, 0.29) is 11.9 Å². The maximum absolute atomic E-state index is 12.6. The van der Waals surface area contributed by atoms with Crippen molar-refractivity contribution >= 4 is 22.4 Å². The van der Waals surface area contributed by atoms with Crippen LogP contribution in [0.15, 0.2) is 46.9 Å². The molecule has 4 heteroatoms. The predicted molar refractivity (Wildman–Crippen MR) is 114 cm³/mol. The van der Waals surface area contributed by atoms with Gasteiger partial charge in [-0.3, -0.25) is 4.79 Å². The molecule has 1 unspecified atom stereocenters. The Balaban J connectivity index is 1.94. The molecule has 1 heterocycles. The number of amides is 1. The van der Waals surface area contributed by atoms with Gasteiger partial charge in [-0.25, -0.2) is 0 Å². The summed E-state index contributed by atoms with van der Waals surface area (Å²) in [5.41, 5.74) is 5.71. The molecule has 1 N–H and O–H groups in total. The summed E-state index contributed by atoms with van der Waals surface area (Å²) in [5.74, 6) is 1.50. The van der Waals surface area contributed by atoms with Gasteiger partial charge in [0.15, 0.2) is 0 Å². The first-order valence-electron chi connectivity index (χ1n) is 9.44. The quantitative estimate of drug-likeness (QED) is 0.585. The fourth-order valence-corrected chi connectivity index (χ4v) is 3.52. The summed E-state index contributed by atoms with van der Waals surface area (Å²) in [5, 5.41) is 4.08. The van der Waals surface area contributed by atoms with Crippen molar-refractivity contribution in [3.8, 4) is 5.75 Å². The number of carbonyl (C=O) groups excluding carboxylic acids is 1. The summed E-state index contributed by atoms with van der Waals surface area (Å²) in [6, 6.07) is 11.9. The van der Waals surface area contributed by atoms with Crippen LogP contribution in [0.3, 0.4) is 0 Å². The number of benzene rings is 2. The molecule has 1 amide bonds. The summed E-state index contributed by atoms with van der Waals surface area (Å²) in [4.78, 5) is 12.6. The number of furan rings is 1. The minimum Gasteiger partial charge on any atom is -0.496 e. The van der Waals surface area contributed by atoms with E-state index >= 15 is 0 Å². The van der Waals surface area contributed by atoms with Crippen molar-refractivity contribution in [2.45, 2.75) is 40.7 Å². The molecule has 1 atom stereocenters. The number of carbonyl (C=O) groups is 1. The fraction of sp³-hybridized carbons (Fsp3) is 0.292. The molecule has 146 valence electrons. The van der Waals surface area contributed by atoms with Crippen molar-refractivity contribution in [1.82, 2.24) is 5.32 Å². The molecule has 0 fully saturated rings. The zero-order valence-electron chi connectivity index (χ0n) is 17.3. The van der Waals surface area contributed by atoms with Crippen LogP contribution >= 0.6 is 0 Å². The molecule has 3 rings (SSSR count). The maximum atomic E-state index is 12.6. The largest absolute Gasteiger partial charge is 0.496 e. The Morgan fingerprint density at radius 2 is 1.82 bits per heavy atom. The molecule has 2 aromatic carbocycles. The first kappa shape index (κ1) is 19.7. The minimum atomic E-state index is -0.131. The lowest BCUT2D eigenvalue weighted by Gasteiger charge is -2.15. The molecule has 0 spiro atoms. The fourth-order valence-electron chi connectivity index (χ4n) is 3.52. The van der Waals surface area contributed by atoms with E-state index in [1.54, 1.807) is 13.2 Å². The highest BCUT2D eigenvalue weighted by Gasteiger charge is 2.18. The first-order valence-corrected chi connectivity index (χ1v) is 9.44. The summed E-state index contributed by atoms with van der Waals surface area (Å²) in [6.45, 7) is 9.90. The number of methoxy groups -OCH3 is 1. The second-order valence-electron chi connectivity index (χ2n) is 7.21. The van der Waals surface area contributed by atoms with Gasteiger partial charge in [0, 0.05) is 22.6 Å². The summed E-state index contributed by atoms with van der Waals surface area (Å²) in [6.07, 6.45) is 1.63. The Morgan fingerprint density at radius 3 is 2.46 bits per heavy atom. The van der Waals surface area contributed by atoms with Crippen LogP contribution < -0.4 is 10.1 Å². The van der Waals surface area contributed by atoms with Gasteiger partial charge in [-0.2, -0.15) is 0 Å². The number of aryl methyl sites for hydroxylation is 3. The number of hydrogen-bond acceptors (Lipinski definition) is 3. The van der Waals surface area contributed by atoms with Crippen LogP contribution in [-0.4, -0.2) is 13.0 Å². The first-order chi connectivity index (χ1) is 13.3. The molecule has 0 aliphatic carbocycles. The molecule has 0 aliphatic rings. The third-order valence-corrected chi connectivity index (χ3v) is 5.28. The van der Waals surface area contributed by atoms with Gasteiger partial charge in [-0.05, 0) is 57.4 Å². The highest BCUT2D eigenvalue weighted by Crippen LogP contribution is 2.38. The molecule has 0 saturated heterocycles. The van der Waals surface area contributed by atoms with Crippen LogP contribution in [0.5, 0.6) is 5.75 Å². The number of allylic oxidation sites excluding steroid dienone is 1. The summed E-state index contributed by atoms with van der Waals surface area (Å²) in [7, 11) is 1.64. The number of nitrogens with one attached hydrogen (secondary N) is 1. The van der Waals surface area contributed by atoms with Crippen molar-refractivity contribution in [3.05, 3.63) is 70.5 Å². The minimum absolute atomic E-state index is 0.0670. The van der Waals surface area contributed by atoms with Gasteiger partial charge in [0.1, 0.15) is 17.1 Å². The second kappa shape index (κ2) is 7.93. The molecule has 0 radical (unpaired) electrons.